The van der Waals surface area contributed by atoms with E-state index in [1.807, 2.05) is 0 Å². The molecule has 0 aromatic heterocycles. The van der Waals surface area contributed by atoms with Crippen LogP contribution in [0.3, 0.4) is 0 Å². The van der Waals surface area contributed by atoms with Crippen molar-refractivity contribution in [1.29, 1.82) is 0 Å². The van der Waals surface area contributed by atoms with Crippen LogP contribution >= 0.6 is 0 Å². The molecule has 0 radical (unpaired) electrons. The molecule has 1 aromatic carbocycles. The fraction of sp³-hybridized carbons (Fsp3) is 0.500. The van der Waals surface area contributed by atoms with E-state index in [0.717, 1.165) is 19.3 Å². The molecule has 3 heteroatoms. The van der Waals surface area contributed by atoms with Gasteiger partial charge in [-0.15, -0.1) is 0 Å². The van der Waals surface area contributed by atoms with Gasteiger partial charge in [-0.3, -0.25) is 0 Å². The predicted molar refractivity (Wildman–Crippen MR) is 67.1 cm³/mol. The second-order valence-electron chi connectivity index (χ2n) is 4.34. The molecule has 17 heavy (non-hydrogen) atoms. The van der Waals surface area contributed by atoms with Crippen LogP contribution in [0.2, 0.25) is 0 Å². The van der Waals surface area contributed by atoms with E-state index < -0.39 is 0 Å². The Morgan fingerprint density at radius 3 is 2.59 bits per heavy atom. The smallest absolute Gasteiger partial charge is 0.338 e. The first kappa shape index (κ1) is 13.6. The van der Waals surface area contributed by atoms with Crippen LogP contribution in [-0.4, -0.2) is 17.7 Å². The van der Waals surface area contributed by atoms with Crippen molar-refractivity contribution in [2.24, 2.45) is 5.92 Å². The Kier molecular flexibility index (Phi) is 5.53. The fourth-order valence-electron chi connectivity index (χ4n) is 1.48. The van der Waals surface area contributed by atoms with E-state index in [-0.39, 0.29) is 11.7 Å². The third-order valence-electron chi connectivity index (χ3n) is 2.87. The van der Waals surface area contributed by atoms with E-state index >= 15 is 0 Å². The highest BCUT2D eigenvalue weighted by atomic mass is 16.5. The number of hydrogen-bond acceptors (Lipinski definition) is 3. The van der Waals surface area contributed by atoms with Crippen molar-refractivity contribution in [3.05, 3.63) is 29.8 Å². The Labute approximate surface area is 102 Å². The van der Waals surface area contributed by atoms with Gasteiger partial charge in [0, 0.05) is 0 Å². The number of hydrogen-bond donors (Lipinski definition) is 1. The maximum atomic E-state index is 11.6. The molecule has 1 rings (SSSR count). The molecule has 0 aliphatic heterocycles. The van der Waals surface area contributed by atoms with Crippen LogP contribution in [0.15, 0.2) is 24.3 Å². The van der Waals surface area contributed by atoms with E-state index in [4.69, 9.17) is 9.84 Å². The predicted octanol–water partition coefficient (Wildman–Crippen LogP) is 3.38. The zero-order valence-electron chi connectivity index (χ0n) is 10.5. The number of phenols is 1. The van der Waals surface area contributed by atoms with Gasteiger partial charge in [0.1, 0.15) is 5.75 Å². The molecule has 0 bridgehead atoms. The maximum absolute atomic E-state index is 11.6. The fourth-order valence-corrected chi connectivity index (χ4v) is 1.48. The minimum Gasteiger partial charge on any atom is -0.508 e. The van der Waals surface area contributed by atoms with Gasteiger partial charge in [-0.05, 0) is 43.0 Å². The van der Waals surface area contributed by atoms with E-state index in [1.165, 1.54) is 12.1 Å². The van der Waals surface area contributed by atoms with Crippen molar-refractivity contribution in [3.8, 4) is 5.75 Å². The van der Waals surface area contributed by atoms with Gasteiger partial charge in [0.15, 0.2) is 0 Å². The van der Waals surface area contributed by atoms with Crippen LogP contribution in [0.1, 0.15) is 43.5 Å². The quantitative estimate of drug-likeness (QED) is 0.608. The molecule has 1 unspecified atom stereocenters. The minimum absolute atomic E-state index is 0.151. The van der Waals surface area contributed by atoms with Gasteiger partial charge in [-0.1, -0.05) is 20.3 Å². The summed E-state index contributed by atoms with van der Waals surface area (Å²) < 4.78 is 5.14. The molecule has 0 spiro atoms. The summed E-state index contributed by atoms with van der Waals surface area (Å²) in [7, 11) is 0. The van der Waals surface area contributed by atoms with Crippen LogP contribution in [0.4, 0.5) is 0 Å². The Morgan fingerprint density at radius 1 is 1.35 bits per heavy atom. The highest BCUT2D eigenvalue weighted by Gasteiger charge is 2.06. The molecule has 1 atom stereocenters. The number of esters is 1. The summed E-state index contributed by atoms with van der Waals surface area (Å²) in [5.41, 5.74) is 0.478. The van der Waals surface area contributed by atoms with Gasteiger partial charge in [-0.25, -0.2) is 4.79 Å². The average molecular weight is 236 g/mol. The van der Waals surface area contributed by atoms with E-state index in [1.54, 1.807) is 12.1 Å². The molecule has 3 nitrogen and oxygen atoms in total. The molecule has 1 aromatic rings. The number of ether oxygens (including phenoxy) is 1. The third-order valence-corrected chi connectivity index (χ3v) is 2.87. The lowest BCUT2D eigenvalue weighted by molar-refractivity contribution is 0.0494. The zero-order chi connectivity index (χ0) is 12.7. The number of aromatic hydroxyl groups is 1. The number of benzene rings is 1. The van der Waals surface area contributed by atoms with E-state index in [2.05, 4.69) is 13.8 Å². The summed E-state index contributed by atoms with van der Waals surface area (Å²) in [6.07, 6.45) is 3.14. The van der Waals surface area contributed by atoms with Crippen molar-refractivity contribution in [2.75, 3.05) is 6.61 Å². The van der Waals surface area contributed by atoms with Crippen molar-refractivity contribution in [3.63, 3.8) is 0 Å². The van der Waals surface area contributed by atoms with Crippen LogP contribution in [0, 0.1) is 5.92 Å². The standard InChI is InChI=1S/C14H20O3/c1-3-11(2)5-4-10-17-14(16)12-6-8-13(15)9-7-12/h6-9,11,15H,3-5,10H2,1-2H3. The average Bonchev–Trinajstić information content (AvgIpc) is 2.34. The van der Waals surface area contributed by atoms with Gasteiger partial charge in [0.25, 0.3) is 0 Å². The number of phenolic OH excluding ortho intramolecular Hbond substituents is 1. The lowest BCUT2D eigenvalue weighted by atomic mass is 10.0. The van der Waals surface area contributed by atoms with E-state index in [0.29, 0.717) is 18.1 Å². The highest BCUT2D eigenvalue weighted by molar-refractivity contribution is 5.89. The summed E-state index contributed by atoms with van der Waals surface area (Å²) in [6, 6.07) is 6.09. The third kappa shape index (κ3) is 4.89. The highest BCUT2D eigenvalue weighted by Crippen LogP contribution is 2.12. The van der Waals surface area contributed by atoms with Crippen molar-refractivity contribution in [1.82, 2.24) is 0 Å². The largest absolute Gasteiger partial charge is 0.508 e. The topological polar surface area (TPSA) is 46.5 Å². The molecule has 0 aliphatic rings. The van der Waals surface area contributed by atoms with Crippen LogP contribution < -0.4 is 0 Å². The minimum atomic E-state index is -0.325. The Hall–Kier alpha value is -1.51. The number of carbonyl (C=O) groups excluding carboxylic acids is 1. The summed E-state index contributed by atoms with van der Waals surface area (Å²) in [4.78, 5) is 11.6. The number of carbonyl (C=O) groups is 1. The van der Waals surface area contributed by atoms with Crippen molar-refractivity contribution in [2.45, 2.75) is 33.1 Å². The molecular formula is C14H20O3. The first-order valence-corrected chi connectivity index (χ1v) is 6.09. The second kappa shape index (κ2) is 6.94. The van der Waals surface area contributed by atoms with Crippen LogP contribution in [0.5, 0.6) is 5.75 Å². The first-order chi connectivity index (χ1) is 8.13. The summed E-state index contributed by atoms with van der Waals surface area (Å²) >= 11 is 0. The monoisotopic (exact) mass is 236 g/mol. The van der Waals surface area contributed by atoms with Crippen LogP contribution in [0.25, 0.3) is 0 Å². The van der Waals surface area contributed by atoms with Gasteiger partial charge in [-0.2, -0.15) is 0 Å². The lowest BCUT2D eigenvalue weighted by Gasteiger charge is -2.08. The molecule has 0 fully saturated rings. The molecule has 94 valence electrons. The Balaban J connectivity index is 2.28. The molecule has 0 saturated heterocycles. The van der Waals surface area contributed by atoms with Gasteiger partial charge in [0.05, 0.1) is 12.2 Å². The molecular weight excluding hydrogens is 216 g/mol. The molecule has 1 N–H and O–H groups in total. The van der Waals surface area contributed by atoms with Crippen LogP contribution in [-0.2, 0) is 4.74 Å². The Bertz CT molecular complexity index is 343. The van der Waals surface area contributed by atoms with Crippen molar-refractivity contribution < 1.29 is 14.6 Å². The van der Waals surface area contributed by atoms with Gasteiger partial charge < -0.3 is 9.84 Å². The lowest BCUT2D eigenvalue weighted by Crippen LogP contribution is -2.07. The SMILES string of the molecule is CCC(C)CCCOC(=O)c1ccc(O)cc1. The van der Waals surface area contributed by atoms with Gasteiger partial charge in [0.2, 0.25) is 0 Å². The summed E-state index contributed by atoms with van der Waals surface area (Å²) in [6.45, 7) is 4.82. The first-order valence-electron chi connectivity index (χ1n) is 6.09. The molecule has 0 heterocycles. The maximum Gasteiger partial charge on any atom is 0.338 e. The molecule has 0 aliphatic carbocycles. The summed E-state index contributed by atoms with van der Waals surface area (Å²) in [5.74, 6) is 0.509. The second-order valence-corrected chi connectivity index (χ2v) is 4.34. The zero-order valence-corrected chi connectivity index (χ0v) is 10.5. The van der Waals surface area contributed by atoms with E-state index in [9.17, 15) is 4.79 Å². The molecule has 0 saturated carbocycles. The van der Waals surface area contributed by atoms with Crippen molar-refractivity contribution >= 4 is 5.97 Å². The van der Waals surface area contributed by atoms with Gasteiger partial charge >= 0.3 is 5.97 Å². The normalized spacial score (nSPS) is 12.1. The molecule has 0 amide bonds. The summed E-state index contributed by atoms with van der Waals surface area (Å²) in [5, 5.41) is 9.09. The number of rotatable bonds is 6. The Morgan fingerprint density at radius 2 is 2.00 bits per heavy atom.